The fraction of sp³-hybridized carbons (Fsp3) is 0.231. The van der Waals surface area contributed by atoms with Gasteiger partial charge < -0.3 is 9.73 Å². The molecule has 0 aliphatic carbocycles. The van der Waals surface area contributed by atoms with Crippen LogP contribution in [0.1, 0.15) is 23.0 Å². The molecule has 0 fully saturated rings. The molecule has 0 saturated carbocycles. The lowest BCUT2D eigenvalue weighted by molar-refractivity contribution is 0.0939. The van der Waals surface area contributed by atoms with Crippen molar-refractivity contribution in [3.8, 4) is 0 Å². The second-order valence-corrected chi connectivity index (χ2v) is 4.03. The average molecular weight is 248 g/mol. The maximum atomic E-state index is 12.6. The summed E-state index contributed by atoms with van der Waals surface area (Å²) in [5.74, 6) is -0.0724. The number of furan rings is 1. The summed E-state index contributed by atoms with van der Waals surface area (Å²) in [5.41, 5.74) is 0.336. The standard InChI is InChI=1S/C13H13FN2O2/c1-9(7-11-3-2-6-18-11)16-13(17)10-4-5-12(14)15-8-10/h2-6,8-9H,7H2,1H3,(H,16,17). The Morgan fingerprint density at radius 1 is 1.50 bits per heavy atom. The van der Waals surface area contributed by atoms with Crippen molar-refractivity contribution in [1.82, 2.24) is 10.3 Å². The van der Waals surface area contributed by atoms with Crippen molar-refractivity contribution >= 4 is 5.91 Å². The number of hydrogen-bond acceptors (Lipinski definition) is 3. The van der Waals surface area contributed by atoms with Crippen LogP contribution in [-0.4, -0.2) is 16.9 Å². The number of nitrogens with one attached hydrogen (secondary N) is 1. The van der Waals surface area contributed by atoms with Crippen LogP contribution in [-0.2, 0) is 6.42 Å². The molecular weight excluding hydrogens is 235 g/mol. The number of pyridine rings is 1. The highest BCUT2D eigenvalue weighted by Crippen LogP contribution is 2.05. The van der Waals surface area contributed by atoms with E-state index in [2.05, 4.69) is 10.3 Å². The molecule has 0 aromatic carbocycles. The van der Waals surface area contributed by atoms with Gasteiger partial charge >= 0.3 is 0 Å². The van der Waals surface area contributed by atoms with Crippen molar-refractivity contribution < 1.29 is 13.6 Å². The summed E-state index contributed by atoms with van der Waals surface area (Å²) < 4.78 is 17.8. The first-order valence-corrected chi connectivity index (χ1v) is 5.60. The SMILES string of the molecule is CC(Cc1ccco1)NC(=O)c1ccc(F)nc1. The fourth-order valence-corrected chi connectivity index (χ4v) is 1.60. The summed E-state index contributed by atoms with van der Waals surface area (Å²) in [5, 5.41) is 2.79. The van der Waals surface area contributed by atoms with Crippen LogP contribution >= 0.6 is 0 Å². The molecule has 2 aromatic rings. The van der Waals surface area contributed by atoms with E-state index < -0.39 is 5.95 Å². The Balaban J connectivity index is 1.92. The van der Waals surface area contributed by atoms with Crippen molar-refractivity contribution in [2.24, 2.45) is 0 Å². The van der Waals surface area contributed by atoms with Crippen LogP contribution in [0.5, 0.6) is 0 Å². The summed E-state index contributed by atoms with van der Waals surface area (Å²) in [6.45, 7) is 1.87. The predicted octanol–water partition coefficient (Wildman–Crippen LogP) is 2.17. The first-order chi connectivity index (χ1) is 8.65. The number of amides is 1. The molecule has 18 heavy (non-hydrogen) atoms. The van der Waals surface area contributed by atoms with E-state index >= 15 is 0 Å². The second kappa shape index (κ2) is 5.44. The van der Waals surface area contributed by atoms with Gasteiger partial charge in [0, 0.05) is 18.7 Å². The highest BCUT2D eigenvalue weighted by molar-refractivity contribution is 5.93. The lowest BCUT2D eigenvalue weighted by Crippen LogP contribution is -2.34. The smallest absolute Gasteiger partial charge is 0.253 e. The third-order valence-electron chi connectivity index (χ3n) is 2.45. The number of carbonyl (C=O) groups is 1. The minimum atomic E-state index is -0.602. The summed E-state index contributed by atoms with van der Waals surface area (Å²) in [4.78, 5) is 15.2. The van der Waals surface area contributed by atoms with Crippen LogP contribution in [0.2, 0.25) is 0 Å². The summed E-state index contributed by atoms with van der Waals surface area (Å²) in [7, 11) is 0. The zero-order valence-corrected chi connectivity index (χ0v) is 9.89. The molecule has 0 radical (unpaired) electrons. The number of hydrogen-bond donors (Lipinski definition) is 1. The van der Waals surface area contributed by atoms with Gasteiger partial charge in [0.25, 0.3) is 5.91 Å². The van der Waals surface area contributed by atoms with E-state index in [1.54, 1.807) is 12.3 Å². The largest absolute Gasteiger partial charge is 0.469 e. The number of aromatic nitrogens is 1. The third-order valence-corrected chi connectivity index (χ3v) is 2.45. The lowest BCUT2D eigenvalue weighted by atomic mass is 10.2. The predicted molar refractivity (Wildman–Crippen MR) is 63.5 cm³/mol. The molecule has 0 aliphatic heterocycles. The van der Waals surface area contributed by atoms with Crippen molar-refractivity contribution in [3.63, 3.8) is 0 Å². The molecule has 0 bridgehead atoms. The molecule has 94 valence electrons. The van der Waals surface area contributed by atoms with Gasteiger partial charge in [-0.1, -0.05) is 0 Å². The van der Waals surface area contributed by atoms with Gasteiger partial charge in [-0.2, -0.15) is 4.39 Å². The quantitative estimate of drug-likeness (QED) is 0.844. The van der Waals surface area contributed by atoms with Crippen LogP contribution in [0.25, 0.3) is 0 Å². The Kier molecular flexibility index (Phi) is 3.72. The Morgan fingerprint density at radius 2 is 2.33 bits per heavy atom. The highest BCUT2D eigenvalue weighted by Gasteiger charge is 2.11. The molecule has 0 spiro atoms. The van der Waals surface area contributed by atoms with Crippen LogP contribution in [0.3, 0.4) is 0 Å². The average Bonchev–Trinajstić information content (AvgIpc) is 2.82. The molecule has 1 amide bonds. The van der Waals surface area contributed by atoms with E-state index in [9.17, 15) is 9.18 Å². The Bertz CT molecular complexity index is 508. The van der Waals surface area contributed by atoms with E-state index in [0.29, 0.717) is 12.0 Å². The van der Waals surface area contributed by atoms with Gasteiger partial charge in [0.1, 0.15) is 5.76 Å². The van der Waals surface area contributed by atoms with Gasteiger partial charge in [-0.05, 0) is 31.2 Å². The zero-order chi connectivity index (χ0) is 13.0. The lowest BCUT2D eigenvalue weighted by Gasteiger charge is -2.12. The van der Waals surface area contributed by atoms with E-state index in [0.717, 1.165) is 11.8 Å². The van der Waals surface area contributed by atoms with E-state index in [1.165, 1.54) is 12.3 Å². The van der Waals surface area contributed by atoms with Gasteiger partial charge in [-0.15, -0.1) is 0 Å². The third kappa shape index (κ3) is 3.16. The first-order valence-electron chi connectivity index (χ1n) is 5.60. The topological polar surface area (TPSA) is 55.1 Å². The minimum Gasteiger partial charge on any atom is -0.469 e. The molecule has 0 saturated heterocycles. The molecule has 5 heteroatoms. The summed E-state index contributed by atoms with van der Waals surface area (Å²) in [6.07, 6.45) is 3.41. The Hall–Kier alpha value is -2.17. The molecule has 4 nitrogen and oxygen atoms in total. The fourth-order valence-electron chi connectivity index (χ4n) is 1.60. The highest BCUT2D eigenvalue weighted by atomic mass is 19.1. The second-order valence-electron chi connectivity index (χ2n) is 4.03. The minimum absolute atomic E-state index is 0.0753. The first kappa shape index (κ1) is 12.3. The van der Waals surface area contributed by atoms with Gasteiger partial charge in [0.05, 0.1) is 11.8 Å². The van der Waals surface area contributed by atoms with Crippen LogP contribution in [0.4, 0.5) is 4.39 Å². The molecular formula is C13H13FN2O2. The van der Waals surface area contributed by atoms with Crippen molar-refractivity contribution in [3.05, 3.63) is 54.0 Å². The van der Waals surface area contributed by atoms with E-state index in [1.807, 2.05) is 13.0 Å². The molecule has 1 unspecified atom stereocenters. The maximum Gasteiger partial charge on any atom is 0.253 e. The molecule has 1 atom stereocenters. The van der Waals surface area contributed by atoms with E-state index in [4.69, 9.17) is 4.42 Å². The van der Waals surface area contributed by atoms with E-state index in [-0.39, 0.29) is 11.9 Å². The molecule has 2 heterocycles. The molecule has 2 aromatic heterocycles. The van der Waals surface area contributed by atoms with Crippen LogP contribution in [0, 0.1) is 5.95 Å². The monoisotopic (exact) mass is 248 g/mol. The van der Waals surface area contributed by atoms with Gasteiger partial charge in [0.2, 0.25) is 5.95 Å². The normalized spacial score (nSPS) is 12.1. The molecule has 0 aliphatic rings. The molecule has 2 rings (SSSR count). The summed E-state index contributed by atoms with van der Waals surface area (Å²) >= 11 is 0. The van der Waals surface area contributed by atoms with Crippen molar-refractivity contribution in [1.29, 1.82) is 0 Å². The van der Waals surface area contributed by atoms with Gasteiger partial charge in [0.15, 0.2) is 0 Å². The Labute approximate surface area is 104 Å². The van der Waals surface area contributed by atoms with Crippen LogP contribution in [0.15, 0.2) is 41.1 Å². The van der Waals surface area contributed by atoms with Crippen molar-refractivity contribution in [2.75, 3.05) is 0 Å². The van der Waals surface area contributed by atoms with Gasteiger partial charge in [-0.25, -0.2) is 4.98 Å². The number of nitrogens with zero attached hydrogens (tertiary/aromatic N) is 1. The van der Waals surface area contributed by atoms with Crippen LogP contribution < -0.4 is 5.32 Å². The molecule has 1 N–H and O–H groups in total. The number of rotatable bonds is 4. The zero-order valence-electron chi connectivity index (χ0n) is 9.89. The van der Waals surface area contributed by atoms with Gasteiger partial charge in [-0.3, -0.25) is 4.79 Å². The maximum absolute atomic E-state index is 12.6. The summed E-state index contributed by atoms with van der Waals surface area (Å²) in [6, 6.07) is 6.13. The Morgan fingerprint density at radius 3 is 2.94 bits per heavy atom. The van der Waals surface area contributed by atoms with Crippen molar-refractivity contribution in [2.45, 2.75) is 19.4 Å². The number of carbonyl (C=O) groups excluding carboxylic acids is 1. The number of halogens is 1.